The van der Waals surface area contributed by atoms with Gasteiger partial charge in [-0.25, -0.2) is 0 Å². The predicted octanol–water partition coefficient (Wildman–Crippen LogP) is 3.05. The molecule has 0 spiro atoms. The van der Waals surface area contributed by atoms with Gasteiger partial charge in [0.15, 0.2) is 0 Å². The van der Waals surface area contributed by atoms with Gasteiger partial charge in [0.25, 0.3) is 0 Å². The van der Waals surface area contributed by atoms with Gasteiger partial charge in [0, 0.05) is 17.6 Å². The molecular weight excluding hydrogens is 196 g/mol. The van der Waals surface area contributed by atoms with E-state index in [9.17, 15) is 0 Å². The fraction of sp³-hybridized carbons (Fsp3) is 0.357. The van der Waals surface area contributed by atoms with E-state index >= 15 is 0 Å². The first-order valence-corrected chi connectivity index (χ1v) is 6.02. The second kappa shape index (κ2) is 4.22. The van der Waals surface area contributed by atoms with E-state index in [1.54, 1.807) is 0 Å². The van der Waals surface area contributed by atoms with Crippen molar-refractivity contribution in [2.45, 2.75) is 25.3 Å². The Hall–Kier alpha value is -1.41. The summed E-state index contributed by atoms with van der Waals surface area (Å²) in [5.74, 6) is 0. The largest absolute Gasteiger partial charge is 0.310 e. The van der Waals surface area contributed by atoms with E-state index in [4.69, 9.17) is 0 Å². The van der Waals surface area contributed by atoms with Gasteiger partial charge in [-0.05, 0) is 37.1 Å². The van der Waals surface area contributed by atoms with E-state index < -0.39 is 0 Å². The van der Waals surface area contributed by atoms with Gasteiger partial charge in [-0.3, -0.25) is 4.98 Å². The normalized spacial score (nSPS) is 21.1. The van der Waals surface area contributed by atoms with Crippen LogP contribution >= 0.6 is 0 Å². The molecule has 0 amide bonds. The van der Waals surface area contributed by atoms with Crippen LogP contribution in [-0.4, -0.2) is 11.5 Å². The van der Waals surface area contributed by atoms with E-state index in [0.29, 0.717) is 6.04 Å². The van der Waals surface area contributed by atoms with Crippen molar-refractivity contribution in [1.29, 1.82) is 0 Å². The summed E-state index contributed by atoms with van der Waals surface area (Å²) >= 11 is 0. The number of nitrogens with zero attached hydrogens (tertiary/aromatic N) is 1. The van der Waals surface area contributed by atoms with Crippen molar-refractivity contribution in [2.75, 3.05) is 6.54 Å². The molecule has 0 unspecified atom stereocenters. The summed E-state index contributed by atoms with van der Waals surface area (Å²) in [7, 11) is 0. The average molecular weight is 212 g/mol. The fourth-order valence-corrected chi connectivity index (χ4v) is 2.54. The Balaban J connectivity index is 2.08. The lowest BCUT2D eigenvalue weighted by Gasteiger charge is -2.24. The highest BCUT2D eigenvalue weighted by Crippen LogP contribution is 2.28. The number of nitrogens with one attached hydrogen (secondary N) is 1. The number of para-hydroxylation sites is 1. The average Bonchev–Trinajstić information content (AvgIpc) is 2.39. The Morgan fingerprint density at radius 1 is 1.12 bits per heavy atom. The summed E-state index contributed by atoms with van der Waals surface area (Å²) in [5.41, 5.74) is 2.51. The third kappa shape index (κ3) is 1.69. The highest BCUT2D eigenvalue weighted by Gasteiger charge is 2.16. The molecule has 1 fully saturated rings. The molecule has 2 nitrogen and oxygen atoms in total. The van der Waals surface area contributed by atoms with E-state index in [0.717, 1.165) is 12.1 Å². The molecule has 0 saturated carbocycles. The van der Waals surface area contributed by atoms with Crippen molar-refractivity contribution in [3.63, 3.8) is 0 Å². The lowest BCUT2D eigenvalue weighted by Crippen LogP contribution is -2.26. The number of rotatable bonds is 1. The molecule has 2 heteroatoms. The SMILES string of the molecule is c1ccc2c([C@@H]3CCCCN3)ccnc2c1. The predicted molar refractivity (Wildman–Crippen MR) is 66.3 cm³/mol. The van der Waals surface area contributed by atoms with Crippen LogP contribution < -0.4 is 5.32 Å². The Morgan fingerprint density at radius 3 is 2.94 bits per heavy atom. The summed E-state index contributed by atoms with van der Waals surface area (Å²) in [6.07, 6.45) is 5.80. The summed E-state index contributed by atoms with van der Waals surface area (Å²) in [5, 5.41) is 4.90. The lowest BCUT2D eigenvalue weighted by atomic mass is 9.95. The number of hydrogen-bond donors (Lipinski definition) is 1. The van der Waals surface area contributed by atoms with Gasteiger partial charge in [0.1, 0.15) is 0 Å². The molecule has 1 aromatic carbocycles. The minimum absolute atomic E-state index is 0.515. The minimum Gasteiger partial charge on any atom is -0.310 e. The highest BCUT2D eigenvalue weighted by atomic mass is 14.9. The first-order chi connectivity index (χ1) is 7.95. The Kier molecular flexibility index (Phi) is 2.58. The smallest absolute Gasteiger partial charge is 0.0705 e. The summed E-state index contributed by atoms with van der Waals surface area (Å²) in [4.78, 5) is 4.41. The molecule has 16 heavy (non-hydrogen) atoms. The number of fused-ring (bicyclic) bond motifs is 1. The van der Waals surface area contributed by atoms with Gasteiger partial charge in [0.2, 0.25) is 0 Å². The van der Waals surface area contributed by atoms with Crippen LogP contribution in [0.2, 0.25) is 0 Å². The molecule has 82 valence electrons. The van der Waals surface area contributed by atoms with Crippen molar-refractivity contribution in [2.24, 2.45) is 0 Å². The lowest BCUT2D eigenvalue weighted by molar-refractivity contribution is 0.414. The van der Waals surface area contributed by atoms with Crippen molar-refractivity contribution in [1.82, 2.24) is 10.3 Å². The Labute approximate surface area is 95.7 Å². The van der Waals surface area contributed by atoms with E-state index in [2.05, 4.69) is 34.6 Å². The molecule has 1 aromatic heterocycles. The standard InChI is InChI=1S/C14H16N2/c1-2-6-13-11(5-1)12(8-10-16-13)14-7-3-4-9-15-14/h1-2,5-6,8,10,14-15H,3-4,7,9H2/t14-/m0/s1. The van der Waals surface area contributed by atoms with Crippen LogP contribution in [0.25, 0.3) is 10.9 Å². The maximum atomic E-state index is 4.41. The third-order valence-corrected chi connectivity index (χ3v) is 3.37. The zero-order chi connectivity index (χ0) is 10.8. The second-order valence-electron chi connectivity index (χ2n) is 4.42. The number of benzene rings is 1. The van der Waals surface area contributed by atoms with Gasteiger partial charge in [-0.2, -0.15) is 0 Å². The quantitative estimate of drug-likeness (QED) is 0.786. The number of hydrogen-bond acceptors (Lipinski definition) is 2. The van der Waals surface area contributed by atoms with E-state index in [1.165, 1.54) is 30.2 Å². The summed E-state index contributed by atoms with van der Waals surface area (Å²) < 4.78 is 0. The van der Waals surface area contributed by atoms with Crippen molar-refractivity contribution in [3.8, 4) is 0 Å². The minimum atomic E-state index is 0.515. The fourth-order valence-electron chi connectivity index (χ4n) is 2.54. The molecule has 0 radical (unpaired) electrons. The number of pyridine rings is 1. The molecule has 1 atom stereocenters. The number of aromatic nitrogens is 1. The van der Waals surface area contributed by atoms with Crippen molar-refractivity contribution in [3.05, 3.63) is 42.1 Å². The van der Waals surface area contributed by atoms with Crippen LogP contribution in [0.5, 0.6) is 0 Å². The second-order valence-corrected chi connectivity index (χ2v) is 4.42. The van der Waals surface area contributed by atoms with Crippen LogP contribution in [0.3, 0.4) is 0 Å². The maximum Gasteiger partial charge on any atom is 0.0705 e. The molecule has 1 aliphatic heterocycles. The van der Waals surface area contributed by atoms with Crippen LogP contribution in [0.1, 0.15) is 30.9 Å². The molecule has 1 aliphatic rings. The van der Waals surface area contributed by atoms with Crippen LogP contribution in [0.4, 0.5) is 0 Å². The van der Waals surface area contributed by atoms with E-state index in [-0.39, 0.29) is 0 Å². The Morgan fingerprint density at radius 2 is 2.06 bits per heavy atom. The molecule has 1 N–H and O–H groups in total. The van der Waals surface area contributed by atoms with Gasteiger partial charge >= 0.3 is 0 Å². The molecule has 3 rings (SSSR count). The van der Waals surface area contributed by atoms with Crippen LogP contribution in [0, 0.1) is 0 Å². The highest BCUT2D eigenvalue weighted by molar-refractivity contribution is 5.82. The molecular formula is C14H16N2. The summed E-state index contributed by atoms with van der Waals surface area (Å²) in [6.45, 7) is 1.14. The van der Waals surface area contributed by atoms with Crippen molar-refractivity contribution < 1.29 is 0 Å². The van der Waals surface area contributed by atoms with Gasteiger partial charge in [-0.1, -0.05) is 24.6 Å². The van der Waals surface area contributed by atoms with Gasteiger partial charge in [0.05, 0.1) is 5.52 Å². The van der Waals surface area contributed by atoms with Crippen molar-refractivity contribution >= 4 is 10.9 Å². The van der Waals surface area contributed by atoms with Crippen LogP contribution in [-0.2, 0) is 0 Å². The summed E-state index contributed by atoms with van der Waals surface area (Å²) in [6, 6.07) is 11.1. The maximum absolute atomic E-state index is 4.41. The third-order valence-electron chi connectivity index (χ3n) is 3.37. The van der Waals surface area contributed by atoms with Gasteiger partial charge in [-0.15, -0.1) is 0 Å². The van der Waals surface area contributed by atoms with Crippen LogP contribution in [0.15, 0.2) is 36.5 Å². The molecule has 1 saturated heterocycles. The first kappa shape index (κ1) is 9.79. The molecule has 0 bridgehead atoms. The van der Waals surface area contributed by atoms with Gasteiger partial charge < -0.3 is 5.32 Å². The Bertz CT molecular complexity index is 482. The monoisotopic (exact) mass is 212 g/mol. The zero-order valence-electron chi connectivity index (χ0n) is 9.32. The first-order valence-electron chi connectivity index (χ1n) is 6.02. The number of piperidine rings is 1. The molecule has 0 aliphatic carbocycles. The molecule has 2 heterocycles. The molecule has 2 aromatic rings. The zero-order valence-corrected chi connectivity index (χ0v) is 9.32. The van der Waals surface area contributed by atoms with E-state index in [1.807, 2.05) is 12.3 Å². The topological polar surface area (TPSA) is 24.9 Å².